The third-order valence-electron chi connectivity index (χ3n) is 2.64. The van der Waals surface area contributed by atoms with Gasteiger partial charge in [-0.05, 0) is 20.3 Å². The summed E-state index contributed by atoms with van der Waals surface area (Å²) in [5.74, 6) is 3.00. The monoisotopic (exact) mass is 255 g/mol. The standard InChI is InChI=1S/C13H22ClN3/c1-5-17(8-6-7-14)12-9-11(4)15-13(16-12)10(2)3/h9-10H,5-8H2,1-4H3. The van der Waals surface area contributed by atoms with Crippen molar-refractivity contribution < 1.29 is 0 Å². The molecule has 4 heteroatoms. The van der Waals surface area contributed by atoms with Gasteiger partial charge in [0.15, 0.2) is 0 Å². The summed E-state index contributed by atoms with van der Waals surface area (Å²) >= 11 is 5.74. The number of aromatic nitrogens is 2. The molecule has 0 N–H and O–H groups in total. The van der Waals surface area contributed by atoms with E-state index in [4.69, 9.17) is 11.6 Å². The maximum Gasteiger partial charge on any atom is 0.133 e. The molecule has 0 aromatic carbocycles. The predicted molar refractivity (Wildman–Crippen MR) is 74.1 cm³/mol. The second-order valence-corrected chi connectivity index (χ2v) is 4.88. The Kier molecular flexibility index (Phi) is 5.69. The van der Waals surface area contributed by atoms with Crippen LogP contribution in [0.25, 0.3) is 0 Å². The highest BCUT2D eigenvalue weighted by Crippen LogP contribution is 2.17. The van der Waals surface area contributed by atoms with Crippen molar-refractivity contribution in [1.82, 2.24) is 9.97 Å². The fourth-order valence-electron chi connectivity index (χ4n) is 1.68. The van der Waals surface area contributed by atoms with Gasteiger partial charge in [-0.2, -0.15) is 0 Å². The average molecular weight is 256 g/mol. The molecule has 0 aliphatic rings. The summed E-state index contributed by atoms with van der Waals surface area (Å²) in [7, 11) is 0. The zero-order valence-corrected chi connectivity index (χ0v) is 12.0. The van der Waals surface area contributed by atoms with Crippen molar-refractivity contribution >= 4 is 17.4 Å². The van der Waals surface area contributed by atoms with Crippen LogP contribution < -0.4 is 4.90 Å². The van der Waals surface area contributed by atoms with Gasteiger partial charge in [0, 0.05) is 36.6 Å². The average Bonchev–Trinajstić information content (AvgIpc) is 2.29. The molecule has 17 heavy (non-hydrogen) atoms. The third-order valence-corrected chi connectivity index (χ3v) is 2.91. The van der Waals surface area contributed by atoms with Gasteiger partial charge < -0.3 is 4.90 Å². The van der Waals surface area contributed by atoms with Crippen LogP contribution in [0.15, 0.2) is 6.07 Å². The Morgan fingerprint density at radius 2 is 2.06 bits per heavy atom. The molecule has 1 aromatic rings. The first-order valence-corrected chi connectivity index (χ1v) is 6.78. The molecule has 0 amide bonds. The van der Waals surface area contributed by atoms with E-state index in [-0.39, 0.29) is 0 Å². The van der Waals surface area contributed by atoms with Gasteiger partial charge in [-0.25, -0.2) is 9.97 Å². The Bertz CT molecular complexity index is 353. The van der Waals surface area contributed by atoms with E-state index in [1.807, 2.05) is 13.0 Å². The van der Waals surface area contributed by atoms with Crippen LogP contribution in [-0.2, 0) is 0 Å². The lowest BCUT2D eigenvalue weighted by atomic mass is 10.2. The highest BCUT2D eigenvalue weighted by molar-refractivity contribution is 6.17. The summed E-state index contributed by atoms with van der Waals surface area (Å²) in [6.45, 7) is 10.3. The molecule has 0 radical (unpaired) electrons. The van der Waals surface area contributed by atoms with E-state index in [0.29, 0.717) is 11.8 Å². The summed E-state index contributed by atoms with van der Waals surface area (Å²) in [6, 6.07) is 2.05. The second-order valence-electron chi connectivity index (χ2n) is 4.50. The van der Waals surface area contributed by atoms with E-state index < -0.39 is 0 Å². The molecular weight excluding hydrogens is 234 g/mol. The van der Waals surface area contributed by atoms with Gasteiger partial charge in [-0.15, -0.1) is 11.6 Å². The third kappa shape index (κ3) is 4.15. The number of anilines is 1. The summed E-state index contributed by atoms with van der Waals surface area (Å²) in [6.07, 6.45) is 0.982. The largest absolute Gasteiger partial charge is 0.357 e. The minimum atomic E-state index is 0.361. The Morgan fingerprint density at radius 1 is 1.35 bits per heavy atom. The van der Waals surface area contributed by atoms with Gasteiger partial charge in [-0.1, -0.05) is 13.8 Å². The normalized spacial score (nSPS) is 10.9. The van der Waals surface area contributed by atoms with Crippen LogP contribution >= 0.6 is 11.6 Å². The lowest BCUT2D eigenvalue weighted by molar-refractivity contribution is 0.734. The van der Waals surface area contributed by atoms with E-state index in [2.05, 4.69) is 35.6 Å². The minimum Gasteiger partial charge on any atom is -0.357 e. The highest BCUT2D eigenvalue weighted by atomic mass is 35.5. The number of hydrogen-bond donors (Lipinski definition) is 0. The Labute approximate surface area is 109 Å². The maximum atomic E-state index is 5.74. The van der Waals surface area contributed by atoms with E-state index in [9.17, 15) is 0 Å². The van der Waals surface area contributed by atoms with Gasteiger partial charge in [-0.3, -0.25) is 0 Å². The van der Waals surface area contributed by atoms with E-state index >= 15 is 0 Å². The van der Waals surface area contributed by atoms with Crippen LogP contribution in [0.3, 0.4) is 0 Å². The molecule has 96 valence electrons. The van der Waals surface area contributed by atoms with Crippen molar-refractivity contribution in [3.8, 4) is 0 Å². The number of rotatable bonds is 6. The Morgan fingerprint density at radius 3 is 2.59 bits per heavy atom. The molecule has 0 aliphatic carbocycles. The first-order valence-electron chi connectivity index (χ1n) is 6.25. The summed E-state index contributed by atoms with van der Waals surface area (Å²) in [5, 5.41) is 0. The molecule has 1 aromatic heterocycles. The van der Waals surface area contributed by atoms with Crippen molar-refractivity contribution in [3.05, 3.63) is 17.6 Å². The van der Waals surface area contributed by atoms with Crippen molar-refractivity contribution in [1.29, 1.82) is 0 Å². The molecule has 0 spiro atoms. The maximum absolute atomic E-state index is 5.74. The van der Waals surface area contributed by atoms with E-state index in [1.54, 1.807) is 0 Å². The second kappa shape index (κ2) is 6.80. The molecular formula is C13H22ClN3. The lowest BCUT2D eigenvalue weighted by Gasteiger charge is -2.22. The van der Waals surface area contributed by atoms with Crippen LogP contribution in [0.1, 0.15) is 44.6 Å². The predicted octanol–water partition coefficient (Wildman–Crippen LogP) is 3.36. The number of alkyl halides is 1. The highest BCUT2D eigenvalue weighted by Gasteiger charge is 2.10. The van der Waals surface area contributed by atoms with Crippen LogP contribution in [0, 0.1) is 6.92 Å². The summed E-state index contributed by atoms with van der Waals surface area (Å²) in [4.78, 5) is 11.3. The lowest BCUT2D eigenvalue weighted by Crippen LogP contribution is -2.26. The number of hydrogen-bond acceptors (Lipinski definition) is 3. The van der Waals surface area contributed by atoms with Crippen LogP contribution in [0.5, 0.6) is 0 Å². The molecule has 3 nitrogen and oxygen atoms in total. The number of aryl methyl sites for hydroxylation is 1. The smallest absolute Gasteiger partial charge is 0.133 e. The molecule has 0 fully saturated rings. The van der Waals surface area contributed by atoms with Gasteiger partial charge >= 0.3 is 0 Å². The fraction of sp³-hybridized carbons (Fsp3) is 0.692. The SMILES string of the molecule is CCN(CCCCl)c1cc(C)nc(C(C)C)n1. The van der Waals surface area contributed by atoms with Crippen molar-refractivity contribution in [2.24, 2.45) is 0 Å². The van der Waals surface area contributed by atoms with Gasteiger partial charge in [0.2, 0.25) is 0 Å². The fourth-order valence-corrected chi connectivity index (χ4v) is 1.80. The molecule has 0 saturated carbocycles. The van der Waals surface area contributed by atoms with Gasteiger partial charge in [0.1, 0.15) is 11.6 Å². The van der Waals surface area contributed by atoms with Crippen molar-refractivity contribution in [2.75, 3.05) is 23.9 Å². The quantitative estimate of drug-likeness (QED) is 0.730. The van der Waals surface area contributed by atoms with Crippen molar-refractivity contribution in [2.45, 2.75) is 40.0 Å². The minimum absolute atomic E-state index is 0.361. The van der Waals surface area contributed by atoms with Crippen LogP contribution in [0.2, 0.25) is 0 Å². The summed E-state index contributed by atoms with van der Waals surface area (Å²) in [5.41, 5.74) is 1.03. The number of halogens is 1. The van der Waals surface area contributed by atoms with E-state index in [0.717, 1.165) is 36.8 Å². The Balaban J connectivity index is 2.94. The van der Waals surface area contributed by atoms with Crippen molar-refractivity contribution in [3.63, 3.8) is 0 Å². The molecule has 1 heterocycles. The first-order chi connectivity index (χ1) is 8.08. The molecule has 0 bridgehead atoms. The molecule has 0 unspecified atom stereocenters. The molecule has 0 saturated heterocycles. The topological polar surface area (TPSA) is 29.0 Å². The zero-order chi connectivity index (χ0) is 12.8. The van der Waals surface area contributed by atoms with Crippen LogP contribution in [-0.4, -0.2) is 28.9 Å². The molecule has 0 aliphatic heterocycles. The summed E-state index contributed by atoms with van der Waals surface area (Å²) < 4.78 is 0. The van der Waals surface area contributed by atoms with Crippen LogP contribution in [0.4, 0.5) is 5.82 Å². The zero-order valence-electron chi connectivity index (χ0n) is 11.2. The Hall–Kier alpha value is -0.830. The number of nitrogens with zero attached hydrogens (tertiary/aromatic N) is 3. The van der Waals surface area contributed by atoms with E-state index in [1.165, 1.54) is 0 Å². The molecule has 0 atom stereocenters. The molecule has 1 rings (SSSR count). The van der Waals surface area contributed by atoms with Gasteiger partial charge in [0.05, 0.1) is 0 Å². The first kappa shape index (κ1) is 14.2. The van der Waals surface area contributed by atoms with Gasteiger partial charge in [0.25, 0.3) is 0 Å².